The fourth-order valence-electron chi connectivity index (χ4n) is 3.47. The van der Waals surface area contributed by atoms with Gasteiger partial charge in [-0.25, -0.2) is 0 Å². The molecule has 0 saturated heterocycles. The van der Waals surface area contributed by atoms with E-state index in [-0.39, 0.29) is 17.1 Å². The summed E-state index contributed by atoms with van der Waals surface area (Å²) in [6, 6.07) is 30.5. The summed E-state index contributed by atoms with van der Waals surface area (Å²) < 4.78 is 46.1. The zero-order valence-corrected chi connectivity index (χ0v) is 37.1. The lowest BCUT2D eigenvalue weighted by molar-refractivity contribution is 0.171. The molecule has 0 aromatic heterocycles. The number of oxime groups is 3. The number of nitriles is 3. The number of halogens is 1. The molecule has 0 fully saturated rings. The Kier molecular flexibility index (Phi) is 25.3. The fourth-order valence-corrected chi connectivity index (χ4v) is 7.69. The predicted molar refractivity (Wildman–Crippen MR) is 227 cm³/mol. The first-order valence-electron chi connectivity index (χ1n) is 16.2. The van der Waals surface area contributed by atoms with Crippen LogP contribution < -0.4 is 0 Å². The van der Waals surface area contributed by atoms with E-state index in [4.69, 9.17) is 104 Å². The number of hydrogen-bond acceptors (Lipinski definition) is 18. The molecule has 3 rings (SSSR count). The molecule has 0 heterocycles. The van der Waals surface area contributed by atoms with Crippen molar-refractivity contribution in [3.63, 3.8) is 0 Å². The van der Waals surface area contributed by atoms with Gasteiger partial charge in [-0.15, -0.1) is 0 Å². The highest BCUT2D eigenvalue weighted by molar-refractivity contribution is 8.08. The maximum absolute atomic E-state index is 9.14. The van der Waals surface area contributed by atoms with Gasteiger partial charge in [0, 0.05) is 66.3 Å². The van der Waals surface area contributed by atoms with Crippen molar-refractivity contribution in [3.05, 3.63) is 107 Å². The van der Waals surface area contributed by atoms with Crippen LogP contribution in [0.5, 0.6) is 0 Å². The van der Waals surface area contributed by atoms with Crippen molar-refractivity contribution in [1.29, 1.82) is 15.8 Å². The highest BCUT2D eigenvalue weighted by Crippen LogP contribution is 2.51. The lowest BCUT2D eigenvalue weighted by atomic mass is 10.1. The third-order valence-electron chi connectivity index (χ3n) is 5.83. The van der Waals surface area contributed by atoms with E-state index in [0.717, 1.165) is 0 Å². The normalized spacial score (nSPS) is 12.0. The molecule has 15 nitrogen and oxygen atoms in total. The topological polar surface area (TPSA) is 192 Å². The Morgan fingerprint density at radius 1 is 0.536 bits per heavy atom. The number of benzene rings is 3. The van der Waals surface area contributed by atoms with E-state index in [2.05, 4.69) is 15.5 Å². The van der Waals surface area contributed by atoms with Crippen molar-refractivity contribution in [3.8, 4) is 18.2 Å². The first kappa shape index (κ1) is 50.6. The second-order valence-corrected chi connectivity index (χ2v) is 18.9. The minimum atomic E-state index is -2.97. The summed E-state index contributed by atoms with van der Waals surface area (Å²) in [5.74, 6) is 0. The molecular weight excluding hydrogens is 861 g/mol. The minimum Gasteiger partial charge on any atom is -0.312 e. The summed E-state index contributed by atoms with van der Waals surface area (Å²) in [4.78, 5) is 0. The van der Waals surface area contributed by atoms with Crippen LogP contribution in [-0.2, 0) is 76.4 Å². The van der Waals surface area contributed by atoms with E-state index in [1.807, 2.05) is 42.5 Å². The van der Waals surface area contributed by atoms with E-state index in [1.165, 1.54) is 14.2 Å². The number of hydrogen-bond donors (Lipinski definition) is 0. The summed E-state index contributed by atoms with van der Waals surface area (Å²) in [7, 11) is 2.74. The van der Waals surface area contributed by atoms with Crippen molar-refractivity contribution in [1.82, 2.24) is 0 Å². The van der Waals surface area contributed by atoms with Crippen LogP contribution in [-0.4, -0.2) is 57.8 Å². The third-order valence-corrected chi connectivity index (χ3v) is 13.0. The molecule has 22 heteroatoms. The van der Waals surface area contributed by atoms with Gasteiger partial charge >= 0.3 is 20.2 Å². The average molecular weight is 901 g/mol. The van der Waals surface area contributed by atoms with E-state index in [9.17, 15) is 0 Å². The van der Waals surface area contributed by atoms with Gasteiger partial charge in [-0.1, -0.05) is 106 Å². The Hall–Kier alpha value is -3.46. The lowest BCUT2D eigenvalue weighted by Crippen LogP contribution is -2.02. The van der Waals surface area contributed by atoms with E-state index < -0.39 is 20.2 Å². The zero-order valence-electron chi connectivity index (χ0n) is 31.2. The Bertz CT molecular complexity index is 2000. The van der Waals surface area contributed by atoms with Gasteiger partial charge < -0.3 is 22.9 Å². The molecule has 0 aliphatic rings. The summed E-state index contributed by atoms with van der Waals surface area (Å²) in [6.07, 6.45) is 0. The average Bonchev–Trinajstić information content (AvgIpc) is 3.21. The summed E-state index contributed by atoms with van der Waals surface area (Å²) in [5.41, 5.74) is 2.03. The number of rotatable bonds is 19. The zero-order chi connectivity index (χ0) is 41.9. The molecule has 0 bridgehead atoms. The van der Waals surface area contributed by atoms with E-state index >= 15 is 0 Å². The summed E-state index contributed by atoms with van der Waals surface area (Å²) >= 11 is 21.2. The first-order valence-corrected chi connectivity index (χ1v) is 24.3. The second kappa shape index (κ2) is 28.0. The molecule has 0 radical (unpaired) electrons. The van der Waals surface area contributed by atoms with Crippen molar-refractivity contribution in [2.45, 2.75) is 27.7 Å². The van der Waals surface area contributed by atoms with E-state index in [1.54, 1.807) is 88.4 Å². The highest BCUT2D eigenvalue weighted by Gasteiger charge is 2.23. The first-order chi connectivity index (χ1) is 26.9. The van der Waals surface area contributed by atoms with Gasteiger partial charge in [0.05, 0.1) is 31.5 Å². The van der Waals surface area contributed by atoms with Crippen LogP contribution in [0.3, 0.4) is 0 Å². The molecule has 0 aliphatic carbocycles. The predicted octanol–water partition coefficient (Wildman–Crippen LogP) is 9.56. The van der Waals surface area contributed by atoms with Gasteiger partial charge in [-0.05, 0) is 33.8 Å². The molecular formula is C34H40ClN6O9P3S3. The molecule has 0 atom stereocenters. The largest absolute Gasteiger partial charge is 0.402 e. The molecule has 0 N–H and O–H groups in total. The summed E-state index contributed by atoms with van der Waals surface area (Å²) in [6.45, 7) is -0.251. The van der Waals surface area contributed by atoms with Crippen LogP contribution in [0.4, 0.5) is 0 Å². The second-order valence-electron chi connectivity index (χ2n) is 9.49. The molecule has 0 aliphatic heterocycles. The summed E-state index contributed by atoms with van der Waals surface area (Å²) in [5, 5.41) is 38.8. The van der Waals surface area contributed by atoms with Gasteiger partial charge in [0.25, 0.3) is 0 Å². The molecule has 0 saturated carbocycles. The maximum Gasteiger partial charge on any atom is 0.402 e. The molecule has 3 aromatic carbocycles. The van der Waals surface area contributed by atoms with Gasteiger partial charge in [-0.3, -0.25) is 18.1 Å². The molecule has 0 amide bonds. The van der Waals surface area contributed by atoms with Crippen LogP contribution in [0.25, 0.3) is 0 Å². The Labute approximate surface area is 348 Å². The maximum atomic E-state index is 9.14. The lowest BCUT2D eigenvalue weighted by Gasteiger charge is -2.17. The van der Waals surface area contributed by atoms with Gasteiger partial charge in [-0.2, -0.15) is 15.8 Å². The van der Waals surface area contributed by atoms with Crippen LogP contribution in [0.2, 0.25) is 5.02 Å². The highest BCUT2D eigenvalue weighted by atomic mass is 35.5. The third kappa shape index (κ3) is 18.7. The Morgan fingerprint density at radius 3 is 1.18 bits per heavy atom. The Morgan fingerprint density at radius 2 is 0.857 bits per heavy atom. The molecule has 300 valence electrons. The van der Waals surface area contributed by atoms with Crippen molar-refractivity contribution in [2.75, 3.05) is 40.6 Å². The molecule has 0 unspecified atom stereocenters. The molecule has 56 heavy (non-hydrogen) atoms. The fraction of sp³-hybridized carbons (Fsp3) is 0.294. The smallest absolute Gasteiger partial charge is 0.312 e. The minimum absolute atomic E-state index is 0.0178. The SMILES string of the molecule is CCOP(=S)(OCC)O/N=C(/C#N)c1ccccc1.CCOP(=S)(OCC)O/N=C(/C#N)c1ccccc1Cl.COP(=S)(OC)O/N=C(/C#N)c1ccccc1. The van der Waals surface area contributed by atoms with Crippen LogP contribution >= 0.6 is 31.8 Å². The van der Waals surface area contributed by atoms with Crippen LogP contribution in [0.1, 0.15) is 44.4 Å². The van der Waals surface area contributed by atoms with Crippen molar-refractivity contribution < 1.29 is 41.0 Å². The van der Waals surface area contributed by atoms with Gasteiger partial charge in [0.1, 0.15) is 18.2 Å². The van der Waals surface area contributed by atoms with Crippen LogP contribution in [0, 0.1) is 34.0 Å². The van der Waals surface area contributed by atoms with Gasteiger partial charge in [0.2, 0.25) is 0 Å². The van der Waals surface area contributed by atoms with Crippen molar-refractivity contribution in [2.24, 2.45) is 15.5 Å². The van der Waals surface area contributed by atoms with Crippen molar-refractivity contribution >= 4 is 84.3 Å². The van der Waals surface area contributed by atoms with Gasteiger partial charge in [0.15, 0.2) is 17.1 Å². The van der Waals surface area contributed by atoms with Crippen LogP contribution in [0.15, 0.2) is 100 Å². The molecule has 3 aromatic rings. The Balaban J connectivity index is 0.000000421. The quantitative estimate of drug-likeness (QED) is 0.0627. The molecule has 0 spiro atoms. The van der Waals surface area contributed by atoms with E-state index in [0.29, 0.717) is 48.1 Å². The monoisotopic (exact) mass is 900 g/mol. The number of nitrogens with zero attached hydrogens (tertiary/aromatic N) is 6. The standard InChI is InChI=1S/C12H14ClN2O3PS.C12H15N2O3PS.C10H11N2O3PS/c1-3-16-19(20,17-4-2)18-15-12(9-14)10-7-5-6-8-11(10)13;1-3-15-18(19,16-4-2)17-14-12(10-13)11-8-6-5-7-9-11;1-13-16(17,14-2)15-12-10(8-11)9-6-4-3-5-7-9/h5-8H,3-4H2,1-2H3;5-9H,3-4H2,1-2H3;3-7H,1-2H3/b15-12-;14-12-;12-10-.